The molecule has 0 radical (unpaired) electrons. The Bertz CT molecular complexity index is 1260. The average Bonchev–Trinajstić information content (AvgIpc) is 2.69. The fourth-order valence-electron chi connectivity index (χ4n) is 2.92. The lowest BCUT2D eigenvalue weighted by Gasteiger charge is -2.13. The minimum atomic E-state index is -4.01. The topological polar surface area (TPSA) is 75.3 Å². The first-order valence-electron chi connectivity index (χ1n) is 9.18. The van der Waals surface area contributed by atoms with E-state index in [-0.39, 0.29) is 22.0 Å². The van der Waals surface area contributed by atoms with Gasteiger partial charge in [-0.25, -0.2) is 8.42 Å². The summed E-state index contributed by atoms with van der Waals surface area (Å²) in [6, 6.07) is 14.4. The molecule has 3 aromatic carbocycles. The molecule has 3 aromatic rings. The van der Waals surface area contributed by atoms with Gasteiger partial charge in [-0.1, -0.05) is 58.6 Å². The minimum Gasteiger partial charge on any atom is -0.348 e. The Morgan fingerprint density at radius 2 is 1.65 bits per heavy atom. The van der Waals surface area contributed by atoms with Crippen LogP contribution in [0.5, 0.6) is 0 Å². The van der Waals surface area contributed by atoms with E-state index in [9.17, 15) is 13.2 Å². The second-order valence-corrected chi connectivity index (χ2v) is 9.89. The van der Waals surface area contributed by atoms with E-state index in [0.29, 0.717) is 21.3 Å². The lowest BCUT2D eigenvalue weighted by molar-refractivity contribution is 0.0950. The molecule has 31 heavy (non-hydrogen) atoms. The van der Waals surface area contributed by atoms with E-state index in [2.05, 4.69) is 10.0 Å². The molecule has 5 nitrogen and oxygen atoms in total. The fourth-order valence-corrected chi connectivity index (χ4v) is 5.05. The quantitative estimate of drug-likeness (QED) is 0.439. The van der Waals surface area contributed by atoms with Gasteiger partial charge in [-0.3, -0.25) is 9.52 Å². The van der Waals surface area contributed by atoms with Crippen LogP contribution in [0.2, 0.25) is 15.1 Å². The van der Waals surface area contributed by atoms with Crippen molar-refractivity contribution in [1.82, 2.24) is 5.32 Å². The maximum atomic E-state index is 12.9. The van der Waals surface area contributed by atoms with Crippen molar-refractivity contribution in [2.45, 2.75) is 25.3 Å². The molecule has 0 aliphatic carbocycles. The van der Waals surface area contributed by atoms with Crippen molar-refractivity contribution in [2.24, 2.45) is 0 Å². The Hall–Kier alpha value is -2.25. The minimum absolute atomic E-state index is 0.00885. The van der Waals surface area contributed by atoms with E-state index < -0.39 is 15.9 Å². The predicted molar refractivity (Wildman–Crippen MR) is 126 cm³/mol. The Labute approximate surface area is 196 Å². The van der Waals surface area contributed by atoms with E-state index in [0.717, 1.165) is 11.1 Å². The van der Waals surface area contributed by atoms with Crippen LogP contribution < -0.4 is 10.0 Å². The van der Waals surface area contributed by atoms with Gasteiger partial charge < -0.3 is 5.32 Å². The van der Waals surface area contributed by atoms with Crippen LogP contribution in [-0.4, -0.2) is 14.3 Å². The number of anilines is 1. The van der Waals surface area contributed by atoms with Gasteiger partial charge in [-0.05, 0) is 61.4 Å². The zero-order chi connectivity index (χ0) is 22.8. The normalized spacial score (nSPS) is 11.3. The van der Waals surface area contributed by atoms with Crippen molar-refractivity contribution >= 4 is 56.4 Å². The van der Waals surface area contributed by atoms with Crippen molar-refractivity contribution in [3.63, 3.8) is 0 Å². The van der Waals surface area contributed by atoms with Crippen molar-refractivity contribution in [3.8, 4) is 0 Å². The van der Waals surface area contributed by atoms with E-state index in [1.807, 2.05) is 13.0 Å². The molecule has 0 fully saturated rings. The maximum Gasteiger partial charge on any atom is 0.263 e. The Balaban J connectivity index is 1.82. The zero-order valence-corrected chi connectivity index (χ0v) is 19.8. The molecular weight excluding hydrogens is 479 g/mol. The molecule has 0 unspecified atom stereocenters. The number of sulfonamides is 1. The first kappa shape index (κ1) is 23.4. The molecule has 0 atom stereocenters. The molecule has 0 saturated carbocycles. The van der Waals surface area contributed by atoms with Crippen LogP contribution in [-0.2, 0) is 16.6 Å². The lowest BCUT2D eigenvalue weighted by atomic mass is 10.1. The second kappa shape index (κ2) is 9.49. The Kier molecular flexibility index (Phi) is 7.17. The van der Waals surface area contributed by atoms with Gasteiger partial charge in [-0.15, -0.1) is 0 Å². The lowest BCUT2D eigenvalue weighted by Crippen LogP contribution is -2.23. The van der Waals surface area contributed by atoms with Crippen molar-refractivity contribution in [2.75, 3.05) is 4.72 Å². The SMILES string of the molecule is Cc1ccc(NS(=O)(=O)c2cc(C(=O)NCc3ccc(Cl)cc3Cl)ccc2Cl)c(C)c1. The second-order valence-electron chi connectivity index (χ2n) is 6.99. The largest absolute Gasteiger partial charge is 0.348 e. The van der Waals surface area contributed by atoms with Crippen LogP contribution >= 0.6 is 34.8 Å². The molecule has 0 bridgehead atoms. The molecule has 0 saturated heterocycles. The van der Waals surface area contributed by atoms with Crippen LogP contribution in [0.1, 0.15) is 27.0 Å². The van der Waals surface area contributed by atoms with E-state index in [1.54, 1.807) is 37.3 Å². The number of halogens is 3. The summed E-state index contributed by atoms with van der Waals surface area (Å²) in [6.45, 7) is 3.88. The molecule has 9 heteroatoms. The molecular formula is C22H19Cl3N2O3S. The van der Waals surface area contributed by atoms with Gasteiger partial charge in [0.15, 0.2) is 0 Å². The highest BCUT2D eigenvalue weighted by Crippen LogP contribution is 2.27. The van der Waals surface area contributed by atoms with Gasteiger partial charge in [-0.2, -0.15) is 0 Å². The maximum absolute atomic E-state index is 12.9. The smallest absolute Gasteiger partial charge is 0.263 e. The predicted octanol–water partition coefficient (Wildman–Crippen LogP) is 5.99. The highest BCUT2D eigenvalue weighted by Gasteiger charge is 2.21. The monoisotopic (exact) mass is 496 g/mol. The number of aryl methyl sites for hydroxylation is 2. The Morgan fingerprint density at radius 1 is 0.903 bits per heavy atom. The number of amides is 1. The standard InChI is InChI=1S/C22H19Cl3N2O3S/c1-13-3-8-20(14(2)9-13)27-31(29,30)21-10-15(5-7-18(21)24)22(28)26-12-16-4-6-17(23)11-19(16)25/h3-11,27H,12H2,1-2H3,(H,26,28). The third-order valence-corrected chi connectivity index (χ3v) is 7.00. The average molecular weight is 498 g/mol. The first-order valence-corrected chi connectivity index (χ1v) is 11.8. The summed E-state index contributed by atoms with van der Waals surface area (Å²) in [5, 5.41) is 3.63. The molecule has 3 rings (SSSR count). The summed E-state index contributed by atoms with van der Waals surface area (Å²) in [4.78, 5) is 12.4. The third kappa shape index (κ3) is 5.71. The van der Waals surface area contributed by atoms with Crippen LogP contribution in [0.15, 0.2) is 59.5 Å². The molecule has 0 spiro atoms. The first-order chi connectivity index (χ1) is 14.6. The number of hydrogen-bond donors (Lipinski definition) is 2. The fraction of sp³-hybridized carbons (Fsp3) is 0.136. The zero-order valence-electron chi connectivity index (χ0n) is 16.7. The number of carbonyl (C=O) groups excluding carboxylic acids is 1. The molecule has 0 aliphatic heterocycles. The van der Waals surface area contributed by atoms with Crippen molar-refractivity contribution in [3.05, 3.63) is 91.9 Å². The summed E-state index contributed by atoms with van der Waals surface area (Å²) in [5.74, 6) is -0.467. The number of hydrogen-bond acceptors (Lipinski definition) is 3. The highest BCUT2D eigenvalue weighted by molar-refractivity contribution is 7.92. The number of rotatable bonds is 6. The van der Waals surface area contributed by atoms with Gasteiger partial charge in [0, 0.05) is 22.2 Å². The van der Waals surface area contributed by atoms with Crippen LogP contribution in [0.25, 0.3) is 0 Å². The molecule has 162 valence electrons. The Morgan fingerprint density at radius 3 is 2.32 bits per heavy atom. The van der Waals surface area contributed by atoms with Gasteiger partial charge in [0.05, 0.1) is 10.7 Å². The summed E-state index contributed by atoms with van der Waals surface area (Å²) >= 11 is 18.1. The van der Waals surface area contributed by atoms with Gasteiger partial charge in [0.2, 0.25) is 0 Å². The number of nitrogens with one attached hydrogen (secondary N) is 2. The summed E-state index contributed by atoms with van der Waals surface area (Å²) in [7, 11) is -4.01. The van der Waals surface area contributed by atoms with Gasteiger partial charge in [0.25, 0.3) is 15.9 Å². The van der Waals surface area contributed by atoms with Gasteiger partial charge >= 0.3 is 0 Å². The molecule has 0 aliphatic rings. The summed E-state index contributed by atoms with van der Waals surface area (Å²) in [5.41, 5.74) is 3.05. The van der Waals surface area contributed by atoms with Crippen LogP contribution in [0.4, 0.5) is 5.69 Å². The third-order valence-electron chi connectivity index (χ3n) is 4.56. The van der Waals surface area contributed by atoms with Crippen molar-refractivity contribution < 1.29 is 13.2 Å². The van der Waals surface area contributed by atoms with Crippen LogP contribution in [0.3, 0.4) is 0 Å². The van der Waals surface area contributed by atoms with Gasteiger partial charge in [0.1, 0.15) is 4.90 Å². The number of benzene rings is 3. The summed E-state index contributed by atoms with van der Waals surface area (Å²) < 4.78 is 28.4. The van der Waals surface area contributed by atoms with Crippen molar-refractivity contribution in [1.29, 1.82) is 0 Å². The molecule has 0 heterocycles. The number of carbonyl (C=O) groups is 1. The molecule has 0 aromatic heterocycles. The van der Waals surface area contributed by atoms with E-state index in [4.69, 9.17) is 34.8 Å². The van der Waals surface area contributed by atoms with Crippen LogP contribution in [0, 0.1) is 13.8 Å². The summed E-state index contributed by atoms with van der Waals surface area (Å²) in [6.07, 6.45) is 0. The van der Waals surface area contributed by atoms with E-state index >= 15 is 0 Å². The molecule has 1 amide bonds. The highest BCUT2D eigenvalue weighted by atomic mass is 35.5. The molecule has 2 N–H and O–H groups in total. The van der Waals surface area contributed by atoms with E-state index in [1.165, 1.54) is 18.2 Å².